The second-order valence-corrected chi connectivity index (χ2v) is 13.4. The summed E-state index contributed by atoms with van der Waals surface area (Å²) in [6.45, 7) is 11.6. The molecular formula is C34H46BrN3O7. The van der Waals surface area contributed by atoms with Crippen molar-refractivity contribution in [1.82, 2.24) is 15.1 Å². The van der Waals surface area contributed by atoms with Crippen LogP contribution in [0.2, 0.25) is 0 Å². The molecule has 1 aromatic carbocycles. The third kappa shape index (κ3) is 7.05. The van der Waals surface area contributed by atoms with Gasteiger partial charge < -0.3 is 29.7 Å². The Morgan fingerprint density at radius 1 is 1.24 bits per heavy atom. The smallest absolute Gasteiger partial charge is 0.306 e. The average molecular weight is 689 g/mol. The molecule has 1 aromatic rings. The number of aliphatic hydroxyl groups excluding tert-OH is 1. The number of aliphatic hydroxyl groups is 1. The molecule has 45 heavy (non-hydrogen) atoms. The van der Waals surface area contributed by atoms with E-state index in [2.05, 4.69) is 41.3 Å². The van der Waals surface area contributed by atoms with Crippen molar-refractivity contribution >= 4 is 39.6 Å². The highest BCUT2D eigenvalue weighted by atomic mass is 79.9. The average Bonchev–Trinajstić information content (AvgIpc) is 3.64. The number of amides is 3. The fraction of sp³-hybridized carbons (Fsp3) is 0.588. The number of nitrogens with one attached hydrogen (secondary N) is 1. The number of benzene rings is 1. The van der Waals surface area contributed by atoms with Gasteiger partial charge in [-0.15, -0.1) is 13.2 Å². The number of hydrogen-bond donors (Lipinski definition) is 2. The molecule has 1 spiro atoms. The number of hydrogen-bond acceptors (Lipinski definition) is 7. The highest BCUT2D eigenvalue weighted by Crippen LogP contribution is 2.60. The number of nitrogens with zero attached hydrogens (tertiary/aromatic N) is 2. The monoisotopic (exact) mass is 687 g/mol. The molecule has 0 saturated carbocycles. The molecule has 11 heteroatoms. The Kier molecular flexibility index (Phi) is 12.0. The third-order valence-electron chi connectivity index (χ3n) is 9.18. The summed E-state index contributed by atoms with van der Waals surface area (Å²) in [5, 5.41) is 13.2. The van der Waals surface area contributed by atoms with Crippen molar-refractivity contribution < 1.29 is 33.8 Å². The van der Waals surface area contributed by atoms with Crippen LogP contribution in [0.1, 0.15) is 64.0 Å². The van der Waals surface area contributed by atoms with Gasteiger partial charge in [0.05, 0.1) is 36.6 Å². The lowest BCUT2D eigenvalue weighted by atomic mass is 9.70. The molecule has 3 amide bonds. The van der Waals surface area contributed by atoms with Gasteiger partial charge in [-0.05, 0) is 31.7 Å². The normalized spacial score (nSPS) is 27.9. The molecule has 2 N–H and O–H groups in total. The zero-order valence-electron chi connectivity index (χ0n) is 26.2. The van der Waals surface area contributed by atoms with Gasteiger partial charge in [-0.1, -0.05) is 78.2 Å². The largest absolute Gasteiger partial charge is 0.463 e. The van der Waals surface area contributed by atoms with Crippen LogP contribution in [0.5, 0.6) is 0 Å². The van der Waals surface area contributed by atoms with E-state index in [1.165, 1.54) is 4.90 Å². The van der Waals surface area contributed by atoms with Crippen LogP contribution < -0.4 is 5.32 Å². The van der Waals surface area contributed by atoms with E-state index < -0.39 is 53.5 Å². The van der Waals surface area contributed by atoms with E-state index in [1.807, 2.05) is 30.3 Å². The first-order valence-electron chi connectivity index (χ1n) is 15.9. The van der Waals surface area contributed by atoms with Gasteiger partial charge in [0.15, 0.2) is 0 Å². The first kappa shape index (κ1) is 34.8. The Labute approximate surface area is 274 Å². The quantitative estimate of drug-likeness (QED) is 0.111. The molecule has 4 rings (SSSR count). The molecule has 3 saturated heterocycles. The summed E-state index contributed by atoms with van der Waals surface area (Å²) < 4.78 is 12.1. The summed E-state index contributed by atoms with van der Waals surface area (Å²) >= 11 is 3.71. The minimum atomic E-state index is -1.25. The number of halogens is 1. The van der Waals surface area contributed by atoms with E-state index in [0.29, 0.717) is 25.9 Å². The number of carbonyl (C=O) groups excluding carboxylic acids is 4. The van der Waals surface area contributed by atoms with Crippen molar-refractivity contribution in [2.45, 2.75) is 87.0 Å². The Morgan fingerprint density at radius 2 is 1.98 bits per heavy atom. The Morgan fingerprint density at radius 3 is 2.62 bits per heavy atom. The number of fused-ring (bicyclic) bond motifs is 1. The van der Waals surface area contributed by atoms with Gasteiger partial charge in [0, 0.05) is 24.3 Å². The molecule has 0 aliphatic carbocycles. The Bertz CT molecular complexity index is 1250. The second kappa shape index (κ2) is 15.5. The van der Waals surface area contributed by atoms with E-state index in [1.54, 1.807) is 24.0 Å². The standard InChI is InChI=1S/C34H46BrN3O7/c1-5-8-13-18-37(17-7-3)33(43)30-34-19-24(35)29(45-34)27(28(34)32(42)38(30)22(4)20-39)31(41)36-25(23-14-11-10-12-15-23)21-44-26(40)16-9-6-2/h6-7,10-12,14-15,22,24-25,27-30,39H,2-3,5,8-9,13,16-21H2,1,4H3,(H,36,41)/t22-,24?,25+,27-,28+,29-,30-,34+/m1/s1. The summed E-state index contributed by atoms with van der Waals surface area (Å²) in [4.78, 5) is 58.0. The van der Waals surface area contributed by atoms with E-state index in [-0.39, 0.29) is 36.3 Å². The number of allylic oxidation sites excluding steroid dienone is 1. The molecular weight excluding hydrogens is 642 g/mol. The van der Waals surface area contributed by atoms with Gasteiger partial charge in [0.25, 0.3) is 0 Å². The SMILES string of the molecule is C=CCCC(=O)OC[C@H](NC(=O)[C@H]1[C@@H]2O[C@@]3(CC2Br)[C@@H]1C(=O)N([C@H](C)CO)[C@@H]3C(=O)N(CC=C)CCCCC)c1ccccc1. The van der Waals surface area contributed by atoms with Crippen molar-refractivity contribution in [3.63, 3.8) is 0 Å². The lowest BCUT2D eigenvalue weighted by Crippen LogP contribution is -2.58. The van der Waals surface area contributed by atoms with Crippen LogP contribution in [0.4, 0.5) is 0 Å². The summed E-state index contributed by atoms with van der Waals surface area (Å²) in [5.41, 5.74) is -0.507. The van der Waals surface area contributed by atoms with Crippen molar-refractivity contribution in [3.8, 4) is 0 Å². The Hall–Kier alpha value is -3.02. The second-order valence-electron chi connectivity index (χ2n) is 12.2. The number of esters is 1. The van der Waals surface area contributed by atoms with Crippen LogP contribution >= 0.6 is 15.9 Å². The molecule has 1 unspecified atom stereocenters. The van der Waals surface area contributed by atoms with E-state index in [0.717, 1.165) is 24.8 Å². The maximum atomic E-state index is 14.4. The molecule has 3 fully saturated rings. The lowest BCUT2D eigenvalue weighted by Gasteiger charge is -2.38. The van der Waals surface area contributed by atoms with Crippen LogP contribution in [0.3, 0.4) is 0 Å². The minimum Gasteiger partial charge on any atom is -0.463 e. The zero-order valence-corrected chi connectivity index (χ0v) is 27.8. The van der Waals surface area contributed by atoms with Crippen LogP contribution in [-0.2, 0) is 28.7 Å². The van der Waals surface area contributed by atoms with Crippen LogP contribution in [0, 0.1) is 11.8 Å². The van der Waals surface area contributed by atoms with Gasteiger partial charge in [0.1, 0.15) is 18.2 Å². The fourth-order valence-electron chi connectivity index (χ4n) is 7.02. The van der Waals surface area contributed by atoms with Crippen molar-refractivity contribution in [2.24, 2.45) is 11.8 Å². The third-order valence-corrected chi connectivity index (χ3v) is 10.0. The maximum Gasteiger partial charge on any atom is 0.306 e. The molecule has 3 aliphatic heterocycles. The van der Waals surface area contributed by atoms with E-state index >= 15 is 0 Å². The first-order valence-corrected chi connectivity index (χ1v) is 16.8. The van der Waals surface area contributed by atoms with Gasteiger partial charge >= 0.3 is 5.97 Å². The van der Waals surface area contributed by atoms with Gasteiger partial charge in [-0.3, -0.25) is 19.2 Å². The van der Waals surface area contributed by atoms with Crippen LogP contribution in [-0.4, -0.2) is 93.5 Å². The molecule has 8 atom stereocenters. The first-order chi connectivity index (χ1) is 21.6. The van der Waals surface area contributed by atoms with Gasteiger partial charge in [-0.2, -0.15) is 0 Å². The highest BCUT2D eigenvalue weighted by Gasteiger charge is 2.77. The van der Waals surface area contributed by atoms with E-state index in [4.69, 9.17) is 9.47 Å². The number of likely N-dealkylation sites (tertiary alicyclic amines) is 1. The molecule has 2 bridgehead atoms. The van der Waals surface area contributed by atoms with Crippen LogP contribution in [0.15, 0.2) is 55.6 Å². The molecule has 0 aromatic heterocycles. The van der Waals surface area contributed by atoms with Crippen molar-refractivity contribution in [2.75, 3.05) is 26.3 Å². The molecule has 3 heterocycles. The molecule has 10 nitrogen and oxygen atoms in total. The van der Waals surface area contributed by atoms with Gasteiger partial charge in [0.2, 0.25) is 17.7 Å². The summed E-state index contributed by atoms with van der Waals surface area (Å²) in [7, 11) is 0. The molecule has 0 radical (unpaired) electrons. The van der Waals surface area contributed by atoms with Crippen LogP contribution in [0.25, 0.3) is 0 Å². The minimum absolute atomic E-state index is 0.0888. The molecule has 246 valence electrons. The number of alkyl halides is 1. The summed E-state index contributed by atoms with van der Waals surface area (Å²) in [6.07, 6.45) is 6.41. The maximum absolute atomic E-state index is 14.4. The van der Waals surface area contributed by atoms with E-state index in [9.17, 15) is 24.3 Å². The topological polar surface area (TPSA) is 125 Å². The fourth-order valence-corrected chi connectivity index (χ4v) is 7.97. The van der Waals surface area contributed by atoms with Crippen molar-refractivity contribution in [1.29, 1.82) is 0 Å². The number of unbranched alkanes of at least 4 members (excludes halogenated alkanes) is 2. The van der Waals surface area contributed by atoms with Gasteiger partial charge in [-0.25, -0.2) is 0 Å². The number of rotatable bonds is 17. The predicted molar refractivity (Wildman–Crippen MR) is 173 cm³/mol. The Balaban J connectivity index is 1.65. The predicted octanol–water partition coefficient (Wildman–Crippen LogP) is 3.69. The number of ether oxygens (including phenoxy) is 2. The van der Waals surface area contributed by atoms with Crippen molar-refractivity contribution in [3.05, 3.63) is 61.2 Å². The summed E-state index contributed by atoms with van der Waals surface area (Å²) in [6, 6.07) is 6.85. The summed E-state index contributed by atoms with van der Waals surface area (Å²) in [5.74, 6) is -3.30. The molecule has 3 aliphatic rings. The lowest BCUT2D eigenvalue weighted by molar-refractivity contribution is -0.150. The number of carbonyl (C=O) groups is 4. The highest BCUT2D eigenvalue weighted by molar-refractivity contribution is 9.09. The zero-order chi connectivity index (χ0) is 32.7.